The highest BCUT2D eigenvalue weighted by Gasteiger charge is 2.29. The number of anilines is 1. The van der Waals surface area contributed by atoms with Gasteiger partial charge in [-0.1, -0.05) is 25.1 Å². The summed E-state index contributed by atoms with van der Waals surface area (Å²) in [5, 5.41) is 0. The summed E-state index contributed by atoms with van der Waals surface area (Å²) in [7, 11) is -3.75. The Bertz CT molecular complexity index is 947. The number of para-hydroxylation sites is 1. The number of hydrogen-bond acceptors (Lipinski definition) is 5. The molecule has 0 bridgehead atoms. The fourth-order valence-corrected chi connectivity index (χ4v) is 5.94. The van der Waals surface area contributed by atoms with Crippen LogP contribution in [0.4, 0.5) is 5.69 Å². The first-order valence-electron chi connectivity index (χ1n) is 11.5. The third-order valence-electron chi connectivity index (χ3n) is 6.00. The lowest BCUT2D eigenvalue weighted by Gasteiger charge is -2.30. The number of hydrogen-bond donors (Lipinski definition) is 0. The van der Waals surface area contributed by atoms with E-state index < -0.39 is 15.9 Å². The van der Waals surface area contributed by atoms with Gasteiger partial charge in [-0.05, 0) is 43.7 Å². The van der Waals surface area contributed by atoms with Crippen LogP contribution >= 0.6 is 0 Å². The number of benzene rings is 1. The van der Waals surface area contributed by atoms with Crippen LogP contribution in [0.25, 0.3) is 0 Å². The zero-order chi connectivity index (χ0) is 23.1. The Kier molecular flexibility index (Phi) is 8.28. The first-order valence-corrected chi connectivity index (χ1v) is 13.1. The summed E-state index contributed by atoms with van der Waals surface area (Å²) in [6.07, 6.45) is 3.74. The van der Waals surface area contributed by atoms with E-state index in [1.54, 1.807) is 16.7 Å². The Hall–Kier alpha value is -2.42. The number of rotatable bonds is 10. The van der Waals surface area contributed by atoms with Crippen molar-refractivity contribution in [1.82, 2.24) is 9.21 Å². The normalized spacial score (nSPS) is 16.2. The molecule has 2 aliphatic heterocycles. The average molecular weight is 464 g/mol. The van der Waals surface area contributed by atoms with E-state index in [1.165, 1.54) is 0 Å². The highest BCUT2D eigenvalue weighted by atomic mass is 32.2. The van der Waals surface area contributed by atoms with Crippen molar-refractivity contribution < 1.29 is 22.8 Å². The zero-order valence-electron chi connectivity index (χ0n) is 18.8. The van der Waals surface area contributed by atoms with Crippen LogP contribution in [0.2, 0.25) is 0 Å². The Morgan fingerprint density at radius 2 is 1.81 bits per heavy atom. The molecule has 0 atom stereocenters. The number of amides is 3. The fraction of sp³-hybridized carbons (Fsp3) is 0.609. The van der Waals surface area contributed by atoms with E-state index in [9.17, 15) is 22.8 Å². The van der Waals surface area contributed by atoms with Gasteiger partial charge in [0.25, 0.3) is 0 Å². The van der Waals surface area contributed by atoms with Crippen LogP contribution < -0.4 is 4.90 Å². The summed E-state index contributed by atoms with van der Waals surface area (Å²) in [5.74, 6) is -0.757. The molecule has 1 aromatic carbocycles. The molecule has 0 radical (unpaired) electrons. The summed E-state index contributed by atoms with van der Waals surface area (Å²) in [5.41, 5.74) is 1.99. The van der Waals surface area contributed by atoms with Crippen molar-refractivity contribution in [3.8, 4) is 0 Å². The molecule has 3 amide bonds. The molecule has 0 unspecified atom stereocenters. The second-order valence-corrected chi connectivity index (χ2v) is 10.4. The molecular formula is C23H33N3O5S. The molecule has 2 heterocycles. The van der Waals surface area contributed by atoms with Crippen LogP contribution in [0, 0.1) is 0 Å². The van der Waals surface area contributed by atoms with Crippen molar-refractivity contribution in [2.24, 2.45) is 0 Å². The van der Waals surface area contributed by atoms with Gasteiger partial charge in [0.1, 0.15) is 0 Å². The number of likely N-dealkylation sites (tertiary alicyclic amines) is 1. The number of sulfonamides is 1. The van der Waals surface area contributed by atoms with Crippen molar-refractivity contribution in [3.05, 3.63) is 29.8 Å². The third-order valence-corrected chi connectivity index (χ3v) is 7.98. The van der Waals surface area contributed by atoms with Gasteiger partial charge in [0, 0.05) is 51.1 Å². The minimum atomic E-state index is -3.75. The van der Waals surface area contributed by atoms with Crippen LogP contribution in [0.1, 0.15) is 57.4 Å². The molecule has 0 N–H and O–H groups in total. The van der Waals surface area contributed by atoms with Crippen molar-refractivity contribution >= 4 is 33.4 Å². The van der Waals surface area contributed by atoms with E-state index in [4.69, 9.17) is 0 Å². The van der Waals surface area contributed by atoms with Crippen LogP contribution in [0.15, 0.2) is 24.3 Å². The summed E-state index contributed by atoms with van der Waals surface area (Å²) < 4.78 is 26.3. The van der Waals surface area contributed by atoms with Crippen LogP contribution in [0.5, 0.6) is 0 Å². The number of nitrogens with zero attached hydrogens (tertiary/aromatic N) is 3. The van der Waals surface area contributed by atoms with Gasteiger partial charge in [0.05, 0.1) is 5.75 Å². The molecule has 1 fully saturated rings. The van der Waals surface area contributed by atoms with E-state index in [-0.39, 0.29) is 37.0 Å². The van der Waals surface area contributed by atoms with Gasteiger partial charge in [0.2, 0.25) is 27.7 Å². The molecular weight excluding hydrogens is 430 g/mol. The minimum absolute atomic E-state index is 0.0318. The van der Waals surface area contributed by atoms with E-state index in [1.807, 2.05) is 24.3 Å². The molecule has 32 heavy (non-hydrogen) atoms. The number of aryl methyl sites for hydroxylation is 1. The fourth-order valence-electron chi connectivity index (χ4n) is 4.40. The van der Waals surface area contributed by atoms with Gasteiger partial charge in [-0.3, -0.25) is 14.4 Å². The van der Waals surface area contributed by atoms with Gasteiger partial charge in [-0.15, -0.1) is 0 Å². The van der Waals surface area contributed by atoms with Gasteiger partial charge < -0.3 is 9.80 Å². The molecule has 0 saturated carbocycles. The van der Waals surface area contributed by atoms with Crippen LogP contribution in [-0.4, -0.2) is 67.3 Å². The SMILES string of the molecule is CCCS(=O)(=O)N(CCCN1CCCC1=O)C(=O)CCC(=O)N1CCCc2ccccc21. The van der Waals surface area contributed by atoms with Crippen molar-refractivity contribution in [2.45, 2.75) is 58.3 Å². The largest absolute Gasteiger partial charge is 0.343 e. The average Bonchev–Trinajstić information content (AvgIpc) is 3.18. The molecule has 0 aliphatic carbocycles. The van der Waals surface area contributed by atoms with Crippen LogP contribution in [0.3, 0.4) is 0 Å². The summed E-state index contributed by atoms with van der Waals surface area (Å²) in [6.45, 7) is 3.51. The summed E-state index contributed by atoms with van der Waals surface area (Å²) in [4.78, 5) is 40.9. The summed E-state index contributed by atoms with van der Waals surface area (Å²) in [6, 6.07) is 7.75. The predicted molar refractivity (Wildman–Crippen MR) is 123 cm³/mol. The quantitative estimate of drug-likeness (QED) is 0.531. The smallest absolute Gasteiger partial charge is 0.237 e. The maximum atomic E-state index is 12.9. The Morgan fingerprint density at radius 3 is 2.53 bits per heavy atom. The van der Waals surface area contributed by atoms with E-state index in [0.29, 0.717) is 38.9 Å². The molecule has 0 spiro atoms. The second-order valence-electron chi connectivity index (χ2n) is 8.40. The second kappa shape index (κ2) is 10.9. The van der Waals surface area contributed by atoms with Gasteiger partial charge in [0.15, 0.2) is 0 Å². The topological polar surface area (TPSA) is 95.1 Å². The van der Waals surface area contributed by atoms with Gasteiger partial charge >= 0.3 is 0 Å². The van der Waals surface area contributed by atoms with Crippen molar-refractivity contribution in [3.63, 3.8) is 0 Å². The Morgan fingerprint density at radius 1 is 1.06 bits per heavy atom. The molecule has 1 saturated heterocycles. The lowest BCUT2D eigenvalue weighted by Crippen LogP contribution is -2.41. The maximum absolute atomic E-state index is 12.9. The molecule has 9 heteroatoms. The van der Waals surface area contributed by atoms with Gasteiger partial charge in [-0.2, -0.15) is 0 Å². The molecule has 3 rings (SSSR count). The minimum Gasteiger partial charge on any atom is -0.343 e. The molecule has 0 aromatic heterocycles. The predicted octanol–water partition coefficient (Wildman–Crippen LogP) is 2.33. The highest BCUT2D eigenvalue weighted by Crippen LogP contribution is 2.27. The highest BCUT2D eigenvalue weighted by molar-refractivity contribution is 7.89. The summed E-state index contributed by atoms with van der Waals surface area (Å²) >= 11 is 0. The molecule has 2 aliphatic rings. The van der Waals surface area contributed by atoms with Crippen LogP contribution in [-0.2, 0) is 30.8 Å². The number of carbonyl (C=O) groups excluding carboxylic acids is 3. The monoisotopic (exact) mass is 463 g/mol. The first kappa shape index (κ1) is 24.2. The number of fused-ring (bicyclic) bond motifs is 1. The Labute approximate surface area is 190 Å². The van der Waals surface area contributed by atoms with E-state index in [2.05, 4.69) is 0 Å². The number of carbonyl (C=O) groups is 3. The van der Waals surface area contributed by atoms with Crippen molar-refractivity contribution in [2.75, 3.05) is 36.8 Å². The third kappa shape index (κ3) is 5.88. The Balaban J connectivity index is 1.60. The molecule has 8 nitrogen and oxygen atoms in total. The van der Waals surface area contributed by atoms with E-state index >= 15 is 0 Å². The lowest BCUT2D eigenvalue weighted by atomic mass is 10.0. The molecule has 176 valence electrons. The van der Waals surface area contributed by atoms with Crippen molar-refractivity contribution in [1.29, 1.82) is 0 Å². The first-order chi connectivity index (χ1) is 15.3. The van der Waals surface area contributed by atoms with E-state index in [0.717, 1.165) is 34.8 Å². The maximum Gasteiger partial charge on any atom is 0.237 e. The standard InChI is InChI=1S/C23H33N3O5S/c1-2-18-32(30,31)26(17-7-15-24-14-6-11-21(24)27)23(29)13-12-22(28)25-16-5-9-19-8-3-4-10-20(19)25/h3-4,8,10H,2,5-7,9,11-18H2,1H3. The zero-order valence-corrected chi connectivity index (χ0v) is 19.6. The molecule has 1 aromatic rings. The lowest BCUT2D eigenvalue weighted by molar-refractivity contribution is -0.129. The van der Waals surface area contributed by atoms with Gasteiger partial charge in [-0.25, -0.2) is 12.7 Å².